The van der Waals surface area contributed by atoms with E-state index in [0.717, 1.165) is 6.20 Å². The Morgan fingerprint density at radius 3 is 2.75 bits per heavy atom. The molecule has 0 radical (unpaired) electrons. The number of carbonyl (C=O) groups is 1. The Hall–Kier alpha value is -2.10. The van der Waals surface area contributed by atoms with Gasteiger partial charge >= 0.3 is 5.95 Å². The molecule has 0 saturated heterocycles. The highest BCUT2D eigenvalue weighted by Crippen LogP contribution is 1.99. The molecule has 0 bridgehead atoms. The second-order valence-electron chi connectivity index (χ2n) is 3.32. The van der Waals surface area contributed by atoms with E-state index in [4.69, 9.17) is 0 Å². The number of benzene rings is 1. The molecule has 0 fully saturated rings. The fraction of sp³-hybridized carbons (Fsp3) is 0.0833. The molecule has 80 valence electrons. The van der Waals surface area contributed by atoms with Crippen LogP contribution < -0.4 is 4.57 Å². The standard InChI is InChI=1S/C12H10FN2O/c13-12-8-14-6-7-15(12)9-11(16)10-4-2-1-3-5-10/h1-8H,9H2/q+1. The van der Waals surface area contributed by atoms with E-state index in [2.05, 4.69) is 4.98 Å². The van der Waals surface area contributed by atoms with Crippen LogP contribution in [0.4, 0.5) is 4.39 Å². The van der Waals surface area contributed by atoms with E-state index in [1.807, 2.05) is 6.07 Å². The first-order valence-corrected chi connectivity index (χ1v) is 4.84. The highest BCUT2D eigenvalue weighted by atomic mass is 19.1. The number of halogens is 1. The number of ketones is 1. The van der Waals surface area contributed by atoms with Crippen LogP contribution in [0.3, 0.4) is 0 Å². The Labute approximate surface area is 92.2 Å². The lowest BCUT2D eigenvalue weighted by atomic mass is 10.1. The maximum absolute atomic E-state index is 13.2. The average Bonchev–Trinajstić information content (AvgIpc) is 2.33. The van der Waals surface area contributed by atoms with Crippen molar-refractivity contribution in [3.63, 3.8) is 0 Å². The Kier molecular flexibility index (Phi) is 3.00. The van der Waals surface area contributed by atoms with Gasteiger partial charge in [0, 0.05) is 5.56 Å². The summed E-state index contributed by atoms with van der Waals surface area (Å²) in [5.41, 5.74) is 0.575. The maximum Gasteiger partial charge on any atom is 0.378 e. The zero-order chi connectivity index (χ0) is 11.4. The number of hydrogen-bond acceptors (Lipinski definition) is 2. The van der Waals surface area contributed by atoms with Crippen LogP contribution in [-0.4, -0.2) is 10.8 Å². The second kappa shape index (κ2) is 4.61. The Balaban J connectivity index is 2.18. The minimum atomic E-state index is -0.521. The summed E-state index contributed by atoms with van der Waals surface area (Å²) in [7, 11) is 0. The van der Waals surface area contributed by atoms with Crippen molar-refractivity contribution < 1.29 is 13.8 Å². The second-order valence-corrected chi connectivity index (χ2v) is 3.32. The molecule has 0 aliphatic heterocycles. The predicted octanol–water partition coefficient (Wildman–Crippen LogP) is 1.39. The lowest BCUT2D eigenvalue weighted by Gasteiger charge is -1.97. The van der Waals surface area contributed by atoms with Gasteiger partial charge < -0.3 is 0 Å². The molecule has 0 spiro atoms. The van der Waals surface area contributed by atoms with Gasteiger partial charge in [0.25, 0.3) is 0 Å². The first kappa shape index (κ1) is 10.4. The fourth-order valence-electron chi connectivity index (χ4n) is 1.37. The van der Waals surface area contributed by atoms with E-state index in [9.17, 15) is 9.18 Å². The molecule has 0 N–H and O–H groups in total. The highest BCUT2D eigenvalue weighted by Gasteiger charge is 2.15. The molecule has 0 saturated carbocycles. The molecule has 0 aliphatic carbocycles. The summed E-state index contributed by atoms with van der Waals surface area (Å²) in [6, 6.07) is 8.81. The molecule has 4 heteroatoms. The van der Waals surface area contributed by atoms with Crippen molar-refractivity contribution in [3.05, 3.63) is 60.4 Å². The third-order valence-corrected chi connectivity index (χ3v) is 2.20. The zero-order valence-corrected chi connectivity index (χ0v) is 8.51. The van der Waals surface area contributed by atoms with E-state index >= 15 is 0 Å². The maximum atomic E-state index is 13.2. The number of hydrogen-bond donors (Lipinski definition) is 0. The van der Waals surface area contributed by atoms with Crippen LogP contribution >= 0.6 is 0 Å². The van der Waals surface area contributed by atoms with E-state index in [-0.39, 0.29) is 12.3 Å². The monoisotopic (exact) mass is 217 g/mol. The molecule has 1 heterocycles. The average molecular weight is 217 g/mol. The van der Waals surface area contributed by atoms with Crippen LogP contribution in [0.1, 0.15) is 10.4 Å². The van der Waals surface area contributed by atoms with E-state index in [1.165, 1.54) is 17.0 Å². The number of nitrogens with zero attached hydrogens (tertiary/aromatic N) is 2. The number of rotatable bonds is 3. The van der Waals surface area contributed by atoms with E-state index in [1.54, 1.807) is 24.3 Å². The van der Waals surface area contributed by atoms with Crippen molar-refractivity contribution >= 4 is 5.78 Å². The van der Waals surface area contributed by atoms with Crippen LogP contribution in [0.5, 0.6) is 0 Å². The molecule has 0 aliphatic rings. The Morgan fingerprint density at radius 2 is 2.06 bits per heavy atom. The lowest BCUT2D eigenvalue weighted by molar-refractivity contribution is -0.711. The van der Waals surface area contributed by atoms with Crippen molar-refractivity contribution in [1.82, 2.24) is 4.98 Å². The number of aromatic nitrogens is 2. The quantitative estimate of drug-likeness (QED) is 0.575. The molecule has 3 nitrogen and oxygen atoms in total. The van der Waals surface area contributed by atoms with Gasteiger partial charge in [-0.25, -0.2) is 4.98 Å². The van der Waals surface area contributed by atoms with Crippen molar-refractivity contribution in [2.75, 3.05) is 0 Å². The normalized spacial score (nSPS) is 10.1. The molecule has 16 heavy (non-hydrogen) atoms. The number of carbonyl (C=O) groups excluding carboxylic acids is 1. The third-order valence-electron chi connectivity index (χ3n) is 2.20. The van der Waals surface area contributed by atoms with Gasteiger partial charge in [-0.3, -0.25) is 4.79 Å². The summed E-state index contributed by atoms with van der Waals surface area (Å²) in [5, 5.41) is 0. The number of Topliss-reactive ketones (excluding diaryl/α,β-unsaturated/α-hetero) is 1. The molecule has 2 aromatic rings. The third kappa shape index (κ3) is 2.28. The van der Waals surface area contributed by atoms with Gasteiger partial charge in [0.15, 0.2) is 6.20 Å². The van der Waals surface area contributed by atoms with Crippen LogP contribution in [0.2, 0.25) is 0 Å². The predicted molar refractivity (Wildman–Crippen MR) is 55.2 cm³/mol. The first-order chi connectivity index (χ1) is 7.77. The van der Waals surface area contributed by atoms with Gasteiger partial charge in [-0.05, 0) is 0 Å². The van der Waals surface area contributed by atoms with Crippen LogP contribution in [-0.2, 0) is 6.54 Å². The minimum absolute atomic E-state index is 0.0155. The van der Waals surface area contributed by atoms with Gasteiger partial charge in [0.05, 0.1) is 6.20 Å². The van der Waals surface area contributed by atoms with Gasteiger partial charge in [0.1, 0.15) is 6.20 Å². The zero-order valence-electron chi connectivity index (χ0n) is 8.51. The van der Waals surface area contributed by atoms with Gasteiger partial charge in [-0.2, -0.15) is 4.57 Å². The summed E-state index contributed by atoms with van der Waals surface area (Å²) in [6.45, 7) is -0.0155. The van der Waals surface area contributed by atoms with Crippen molar-refractivity contribution in [2.24, 2.45) is 0 Å². The smallest absolute Gasteiger partial charge is 0.287 e. The van der Waals surface area contributed by atoms with E-state index < -0.39 is 5.95 Å². The molecular formula is C12H10FN2O+. The van der Waals surface area contributed by atoms with Crippen molar-refractivity contribution in [1.29, 1.82) is 0 Å². The molecule has 1 aromatic carbocycles. The molecule has 2 rings (SSSR count). The summed E-state index contributed by atoms with van der Waals surface area (Å²) in [5.74, 6) is -0.650. The Morgan fingerprint density at radius 1 is 1.31 bits per heavy atom. The largest absolute Gasteiger partial charge is 0.378 e. The first-order valence-electron chi connectivity index (χ1n) is 4.84. The summed E-state index contributed by atoms with van der Waals surface area (Å²) in [6.07, 6.45) is 3.97. The molecular weight excluding hydrogens is 207 g/mol. The molecule has 0 unspecified atom stereocenters. The molecule has 0 amide bonds. The van der Waals surface area contributed by atoms with Gasteiger partial charge in [0.2, 0.25) is 12.3 Å². The van der Waals surface area contributed by atoms with Crippen LogP contribution in [0, 0.1) is 5.95 Å². The topological polar surface area (TPSA) is 33.8 Å². The van der Waals surface area contributed by atoms with Crippen molar-refractivity contribution in [2.45, 2.75) is 6.54 Å². The molecule has 1 aromatic heterocycles. The van der Waals surface area contributed by atoms with Crippen LogP contribution in [0.25, 0.3) is 0 Å². The minimum Gasteiger partial charge on any atom is -0.287 e. The van der Waals surface area contributed by atoms with Gasteiger partial charge in [-0.15, -0.1) is 4.39 Å². The fourth-order valence-corrected chi connectivity index (χ4v) is 1.37. The Bertz CT molecular complexity index is 499. The summed E-state index contributed by atoms with van der Waals surface area (Å²) >= 11 is 0. The molecule has 0 atom stereocenters. The van der Waals surface area contributed by atoms with E-state index in [0.29, 0.717) is 5.56 Å². The SMILES string of the molecule is O=C(C[n+]1ccncc1F)c1ccccc1. The van der Waals surface area contributed by atoms with Gasteiger partial charge in [-0.1, -0.05) is 30.3 Å². The van der Waals surface area contributed by atoms with Crippen LogP contribution in [0.15, 0.2) is 48.9 Å². The summed E-state index contributed by atoms with van der Waals surface area (Å²) < 4.78 is 14.4. The van der Waals surface area contributed by atoms with Crippen molar-refractivity contribution in [3.8, 4) is 0 Å². The summed E-state index contributed by atoms with van der Waals surface area (Å²) in [4.78, 5) is 15.4. The lowest BCUT2D eigenvalue weighted by Crippen LogP contribution is -2.41. The highest BCUT2D eigenvalue weighted by molar-refractivity contribution is 5.94.